The van der Waals surface area contributed by atoms with Crippen LogP contribution in [-0.2, 0) is 33.6 Å². The Morgan fingerprint density at radius 1 is 1.16 bits per heavy atom. The summed E-state index contributed by atoms with van der Waals surface area (Å²) in [6, 6.07) is 13.8. The molecule has 0 aromatic heterocycles. The number of hydrogen-bond donors (Lipinski definition) is 1. The highest BCUT2D eigenvalue weighted by Gasteiger charge is 2.31. The van der Waals surface area contributed by atoms with Crippen molar-refractivity contribution >= 4 is 34.6 Å². The zero-order valence-electron chi connectivity index (χ0n) is 17.3. The summed E-state index contributed by atoms with van der Waals surface area (Å²) in [5.74, 6) is 0.299. The highest BCUT2D eigenvalue weighted by Crippen LogP contribution is 2.29. The van der Waals surface area contributed by atoms with Gasteiger partial charge in [0.05, 0.1) is 25.3 Å². The van der Waals surface area contributed by atoms with Crippen LogP contribution in [0.1, 0.15) is 16.7 Å². The Morgan fingerprint density at radius 3 is 2.65 bits per heavy atom. The van der Waals surface area contributed by atoms with Crippen molar-refractivity contribution in [3.63, 3.8) is 0 Å². The number of imide groups is 1. The van der Waals surface area contributed by atoms with E-state index in [2.05, 4.69) is 22.3 Å². The van der Waals surface area contributed by atoms with Crippen LogP contribution in [0.4, 0.5) is 10.5 Å². The van der Waals surface area contributed by atoms with Gasteiger partial charge in [-0.25, -0.2) is 0 Å². The van der Waals surface area contributed by atoms with Crippen LogP contribution in [0.5, 0.6) is 5.75 Å². The molecular formula is C23H24N2O5S. The number of carbonyl (C=O) groups excluding carboxylic acids is 3. The van der Waals surface area contributed by atoms with E-state index in [9.17, 15) is 14.4 Å². The van der Waals surface area contributed by atoms with Crippen molar-refractivity contribution in [1.29, 1.82) is 0 Å². The van der Waals surface area contributed by atoms with Crippen molar-refractivity contribution in [1.82, 2.24) is 5.32 Å². The van der Waals surface area contributed by atoms with Gasteiger partial charge in [0.25, 0.3) is 5.24 Å². The normalized spacial score (nSPS) is 17.5. The molecule has 1 fully saturated rings. The molecule has 1 atom stereocenters. The van der Waals surface area contributed by atoms with Gasteiger partial charge in [-0.3, -0.25) is 19.7 Å². The molecule has 2 aromatic rings. The van der Waals surface area contributed by atoms with E-state index in [0.29, 0.717) is 13.0 Å². The molecule has 2 aliphatic rings. The van der Waals surface area contributed by atoms with Crippen LogP contribution in [0, 0.1) is 0 Å². The Kier molecular flexibility index (Phi) is 6.46. The maximum absolute atomic E-state index is 11.7. The highest BCUT2D eigenvalue weighted by atomic mass is 32.2. The molecule has 0 aliphatic carbocycles. The molecule has 2 aliphatic heterocycles. The third kappa shape index (κ3) is 5.19. The summed E-state index contributed by atoms with van der Waals surface area (Å²) < 4.78 is 10.7. The smallest absolute Gasteiger partial charge is 0.309 e. The molecule has 0 radical (unpaired) electrons. The van der Waals surface area contributed by atoms with Gasteiger partial charge in [0, 0.05) is 12.2 Å². The molecule has 0 bridgehead atoms. The number of nitrogens with one attached hydrogen (secondary N) is 1. The predicted molar refractivity (Wildman–Crippen MR) is 119 cm³/mol. The van der Waals surface area contributed by atoms with Crippen LogP contribution in [0.3, 0.4) is 0 Å². The number of fused-ring (bicyclic) bond motifs is 1. The molecule has 0 spiro atoms. The summed E-state index contributed by atoms with van der Waals surface area (Å²) in [5, 5.41) is 1.66. The standard InChI is InChI=1S/C23H24N2O5S/c1-29-21(26)14-16-2-5-17-8-9-25(19(17)12-16)10-11-30-18-6-3-15(4-7-18)13-20-22(27)24-23(28)31-20/h2-7,12,20H,8-11,13-14H2,1H3,(H,24,27,28). The van der Waals surface area contributed by atoms with Crippen LogP contribution in [0.15, 0.2) is 42.5 Å². The van der Waals surface area contributed by atoms with Crippen molar-refractivity contribution in [2.75, 3.05) is 31.7 Å². The number of methoxy groups -OCH3 is 1. The Morgan fingerprint density at radius 2 is 1.94 bits per heavy atom. The van der Waals surface area contributed by atoms with Crippen LogP contribution in [0.25, 0.3) is 0 Å². The van der Waals surface area contributed by atoms with Gasteiger partial charge in [-0.05, 0) is 47.7 Å². The first-order valence-electron chi connectivity index (χ1n) is 10.2. The highest BCUT2D eigenvalue weighted by molar-refractivity contribution is 8.15. The van der Waals surface area contributed by atoms with Gasteiger partial charge in [0.1, 0.15) is 12.4 Å². The van der Waals surface area contributed by atoms with E-state index in [1.165, 1.54) is 12.7 Å². The minimum absolute atomic E-state index is 0.226. The van der Waals surface area contributed by atoms with Gasteiger partial charge in [-0.1, -0.05) is 36.0 Å². The van der Waals surface area contributed by atoms with E-state index in [1.807, 2.05) is 30.3 Å². The molecule has 2 heterocycles. The molecule has 1 N–H and O–H groups in total. The molecule has 8 heteroatoms. The average Bonchev–Trinajstić information content (AvgIpc) is 3.31. The van der Waals surface area contributed by atoms with Crippen LogP contribution in [0.2, 0.25) is 0 Å². The lowest BCUT2D eigenvalue weighted by Gasteiger charge is -2.20. The predicted octanol–water partition coefficient (Wildman–Crippen LogP) is 2.74. The number of rotatable bonds is 8. The number of carbonyl (C=O) groups is 3. The zero-order chi connectivity index (χ0) is 21.8. The van der Waals surface area contributed by atoms with E-state index >= 15 is 0 Å². The van der Waals surface area contributed by atoms with Crippen molar-refractivity contribution in [2.24, 2.45) is 0 Å². The molecule has 2 amide bonds. The topological polar surface area (TPSA) is 84.9 Å². The largest absolute Gasteiger partial charge is 0.492 e. The fraction of sp³-hybridized carbons (Fsp3) is 0.348. The Balaban J connectivity index is 1.28. The van der Waals surface area contributed by atoms with E-state index in [4.69, 9.17) is 9.47 Å². The van der Waals surface area contributed by atoms with Crippen LogP contribution >= 0.6 is 11.8 Å². The van der Waals surface area contributed by atoms with Crippen molar-refractivity contribution < 1.29 is 23.9 Å². The summed E-state index contributed by atoms with van der Waals surface area (Å²) in [6.45, 7) is 2.21. The summed E-state index contributed by atoms with van der Waals surface area (Å²) in [5.41, 5.74) is 4.37. The number of anilines is 1. The minimum Gasteiger partial charge on any atom is -0.492 e. The Bertz CT molecular complexity index is 992. The molecule has 4 rings (SSSR count). The second-order valence-corrected chi connectivity index (χ2v) is 8.71. The number of benzene rings is 2. The summed E-state index contributed by atoms with van der Waals surface area (Å²) in [6.07, 6.45) is 1.77. The lowest BCUT2D eigenvalue weighted by Crippen LogP contribution is -2.26. The maximum Gasteiger partial charge on any atom is 0.309 e. The lowest BCUT2D eigenvalue weighted by atomic mass is 10.1. The fourth-order valence-electron chi connectivity index (χ4n) is 3.81. The monoisotopic (exact) mass is 440 g/mol. The van der Waals surface area contributed by atoms with Gasteiger partial charge < -0.3 is 14.4 Å². The summed E-state index contributed by atoms with van der Waals surface area (Å²) in [7, 11) is 1.40. The molecule has 31 heavy (non-hydrogen) atoms. The Hall–Kier alpha value is -3.00. The first kappa shape index (κ1) is 21.2. The molecular weight excluding hydrogens is 416 g/mol. The van der Waals surface area contributed by atoms with Gasteiger partial charge in [-0.15, -0.1) is 0 Å². The van der Waals surface area contributed by atoms with E-state index in [-0.39, 0.29) is 28.8 Å². The van der Waals surface area contributed by atoms with E-state index < -0.39 is 0 Å². The third-order valence-electron chi connectivity index (χ3n) is 5.46. The summed E-state index contributed by atoms with van der Waals surface area (Å²) in [4.78, 5) is 36.8. The first-order valence-corrected chi connectivity index (χ1v) is 11.1. The maximum atomic E-state index is 11.7. The lowest BCUT2D eigenvalue weighted by molar-refractivity contribution is -0.139. The molecule has 1 saturated heterocycles. The van der Waals surface area contributed by atoms with Crippen molar-refractivity contribution in [3.05, 3.63) is 59.2 Å². The van der Waals surface area contributed by atoms with Gasteiger partial charge in [0.15, 0.2) is 0 Å². The van der Waals surface area contributed by atoms with Gasteiger partial charge in [-0.2, -0.15) is 0 Å². The number of hydrogen-bond acceptors (Lipinski definition) is 7. The van der Waals surface area contributed by atoms with Crippen LogP contribution < -0.4 is 15.0 Å². The Labute approximate surface area is 185 Å². The van der Waals surface area contributed by atoms with Crippen LogP contribution in [-0.4, -0.2) is 49.2 Å². The molecule has 0 saturated carbocycles. The molecule has 2 aromatic carbocycles. The first-order chi connectivity index (χ1) is 15.0. The minimum atomic E-state index is -0.362. The van der Waals surface area contributed by atoms with E-state index in [1.54, 1.807) is 0 Å². The fourth-order valence-corrected chi connectivity index (χ4v) is 4.67. The third-order valence-corrected chi connectivity index (χ3v) is 6.44. The second-order valence-electron chi connectivity index (χ2n) is 7.53. The summed E-state index contributed by atoms with van der Waals surface area (Å²) >= 11 is 1.04. The second kappa shape index (κ2) is 9.43. The molecule has 1 unspecified atom stereocenters. The SMILES string of the molecule is COC(=O)Cc1ccc2c(c1)N(CCOc1ccc(CC3SC(=O)NC3=O)cc1)CC2. The van der Waals surface area contributed by atoms with Crippen molar-refractivity contribution in [2.45, 2.75) is 24.5 Å². The number of ether oxygens (including phenoxy) is 2. The number of nitrogens with zero attached hydrogens (tertiary/aromatic N) is 1. The molecule has 162 valence electrons. The quantitative estimate of drug-likeness (QED) is 0.632. The zero-order valence-corrected chi connectivity index (χ0v) is 18.1. The number of esters is 1. The van der Waals surface area contributed by atoms with Crippen molar-refractivity contribution in [3.8, 4) is 5.75 Å². The van der Waals surface area contributed by atoms with E-state index in [0.717, 1.165) is 53.8 Å². The molecule has 7 nitrogen and oxygen atoms in total. The average molecular weight is 441 g/mol. The number of thioether (sulfide) groups is 1. The van der Waals surface area contributed by atoms with Gasteiger partial charge in [0.2, 0.25) is 5.91 Å². The van der Waals surface area contributed by atoms with Gasteiger partial charge >= 0.3 is 5.97 Å². The number of amides is 2.